The van der Waals surface area contributed by atoms with E-state index in [-0.39, 0.29) is 5.41 Å². The molecule has 104 valence electrons. The molecule has 0 saturated heterocycles. The van der Waals surface area contributed by atoms with Crippen molar-refractivity contribution in [3.05, 3.63) is 0 Å². The van der Waals surface area contributed by atoms with Crippen LogP contribution in [0.5, 0.6) is 0 Å². The van der Waals surface area contributed by atoms with Gasteiger partial charge in [0.15, 0.2) is 0 Å². The highest BCUT2D eigenvalue weighted by molar-refractivity contribution is 4.83. The third-order valence-corrected chi connectivity index (χ3v) is 4.09. The normalized spacial score (nSPS) is 15.2. The van der Waals surface area contributed by atoms with Crippen molar-refractivity contribution in [2.75, 3.05) is 20.3 Å². The molecule has 0 spiro atoms. The van der Waals surface area contributed by atoms with Crippen molar-refractivity contribution in [3.63, 3.8) is 0 Å². The molecule has 0 saturated carbocycles. The van der Waals surface area contributed by atoms with Gasteiger partial charge in [0.1, 0.15) is 0 Å². The molecular formula is C15H33NO. The van der Waals surface area contributed by atoms with Crippen LogP contribution in [-0.2, 0) is 4.74 Å². The SMILES string of the molecule is CCCCCCCCC(CN)(COC)C(C)C. The second kappa shape index (κ2) is 9.90. The smallest absolute Gasteiger partial charge is 0.0533 e. The number of methoxy groups -OCH3 is 1. The minimum absolute atomic E-state index is 0.194. The number of hydrogen-bond donors (Lipinski definition) is 1. The van der Waals surface area contributed by atoms with Crippen LogP contribution in [0.4, 0.5) is 0 Å². The Morgan fingerprint density at radius 2 is 1.65 bits per heavy atom. The Morgan fingerprint density at radius 3 is 2.12 bits per heavy atom. The van der Waals surface area contributed by atoms with Crippen molar-refractivity contribution in [2.24, 2.45) is 17.1 Å². The second-order valence-electron chi connectivity index (χ2n) is 5.67. The van der Waals surface area contributed by atoms with Crippen LogP contribution in [0, 0.1) is 11.3 Å². The average molecular weight is 243 g/mol. The maximum absolute atomic E-state index is 5.98. The van der Waals surface area contributed by atoms with Crippen LogP contribution in [0.1, 0.15) is 65.7 Å². The largest absolute Gasteiger partial charge is 0.384 e. The van der Waals surface area contributed by atoms with E-state index >= 15 is 0 Å². The summed E-state index contributed by atoms with van der Waals surface area (Å²) in [5, 5.41) is 0. The van der Waals surface area contributed by atoms with Crippen LogP contribution in [-0.4, -0.2) is 20.3 Å². The number of rotatable bonds is 11. The molecule has 2 N–H and O–H groups in total. The first-order chi connectivity index (χ1) is 8.13. The van der Waals surface area contributed by atoms with E-state index in [9.17, 15) is 0 Å². The fraction of sp³-hybridized carbons (Fsp3) is 1.00. The Bertz CT molecular complexity index is 170. The lowest BCUT2D eigenvalue weighted by Gasteiger charge is -2.36. The summed E-state index contributed by atoms with van der Waals surface area (Å²) < 4.78 is 5.38. The molecule has 0 radical (unpaired) electrons. The lowest BCUT2D eigenvalue weighted by molar-refractivity contribution is 0.0401. The summed E-state index contributed by atoms with van der Waals surface area (Å²) in [5.41, 5.74) is 6.17. The number of ether oxygens (including phenoxy) is 1. The van der Waals surface area contributed by atoms with Gasteiger partial charge in [-0.3, -0.25) is 0 Å². The van der Waals surface area contributed by atoms with Crippen LogP contribution in [0.3, 0.4) is 0 Å². The number of nitrogens with two attached hydrogens (primary N) is 1. The van der Waals surface area contributed by atoms with Crippen molar-refractivity contribution in [1.29, 1.82) is 0 Å². The van der Waals surface area contributed by atoms with Crippen molar-refractivity contribution in [3.8, 4) is 0 Å². The van der Waals surface area contributed by atoms with E-state index in [1.54, 1.807) is 7.11 Å². The first kappa shape index (κ1) is 16.9. The highest BCUT2D eigenvalue weighted by Gasteiger charge is 2.31. The molecule has 0 aliphatic rings. The van der Waals surface area contributed by atoms with Gasteiger partial charge in [0.2, 0.25) is 0 Å². The number of unbranched alkanes of at least 4 members (excludes halogenated alkanes) is 5. The molecule has 17 heavy (non-hydrogen) atoms. The van der Waals surface area contributed by atoms with E-state index < -0.39 is 0 Å². The minimum atomic E-state index is 0.194. The molecule has 0 aromatic carbocycles. The lowest BCUT2D eigenvalue weighted by Crippen LogP contribution is -2.39. The molecule has 0 fully saturated rings. The van der Waals surface area contributed by atoms with Gasteiger partial charge < -0.3 is 10.5 Å². The van der Waals surface area contributed by atoms with Crippen LogP contribution in [0.25, 0.3) is 0 Å². The molecule has 0 aromatic rings. The summed E-state index contributed by atoms with van der Waals surface area (Å²) in [4.78, 5) is 0. The molecule has 0 aliphatic heterocycles. The average Bonchev–Trinajstić information content (AvgIpc) is 2.31. The molecule has 1 atom stereocenters. The van der Waals surface area contributed by atoms with E-state index in [4.69, 9.17) is 10.5 Å². The molecule has 0 amide bonds. The summed E-state index contributed by atoms with van der Waals surface area (Å²) >= 11 is 0. The Morgan fingerprint density at radius 1 is 1.06 bits per heavy atom. The highest BCUT2D eigenvalue weighted by Crippen LogP contribution is 2.33. The first-order valence-corrected chi connectivity index (χ1v) is 7.32. The van der Waals surface area contributed by atoms with E-state index in [0.717, 1.165) is 13.2 Å². The van der Waals surface area contributed by atoms with Crippen LogP contribution in [0.15, 0.2) is 0 Å². The van der Waals surface area contributed by atoms with E-state index in [1.807, 2.05) is 0 Å². The maximum atomic E-state index is 5.98. The molecule has 0 rings (SSSR count). The van der Waals surface area contributed by atoms with Gasteiger partial charge in [0, 0.05) is 19.1 Å². The third kappa shape index (κ3) is 6.42. The zero-order chi connectivity index (χ0) is 13.1. The van der Waals surface area contributed by atoms with Crippen molar-refractivity contribution >= 4 is 0 Å². The maximum Gasteiger partial charge on any atom is 0.0533 e. The highest BCUT2D eigenvalue weighted by atomic mass is 16.5. The lowest BCUT2D eigenvalue weighted by atomic mass is 9.74. The van der Waals surface area contributed by atoms with Gasteiger partial charge in [-0.25, -0.2) is 0 Å². The number of hydrogen-bond acceptors (Lipinski definition) is 2. The molecule has 0 bridgehead atoms. The van der Waals surface area contributed by atoms with Crippen molar-refractivity contribution in [1.82, 2.24) is 0 Å². The van der Waals surface area contributed by atoms with E-state index in [0.29, 0.717) is 5.92 Å². The van der Waals surface area contributed by atoms with Gasteiger partial charge >= 0.3 is 0 Å². The topological polar surface area (TPSA) is 35.2 Å². The van der Waals surface area contributed by atoms with Crippen LogP contribution in [0.2, 0.25) is 0 Å². The van der Waals surface area contributed by atoms with Crippen LogP contribution >= 0.6 is 0 Å². The molecule has 0 aliphatic carbocycles. The van der Waals surface area contributed by atoms with Gasteiger partial charge in [-0.05, 0) is 12.3 Å². The van der Waals surface area contributed by atoms with Crippen molar-refractivity contribution in [2.45, 2.75) is 65.7 Å². The van der Waals surface area contributed by atoms with Gasteiger partial charge in [0.25, 0.3) is 0 Å². The molecule has 2 nitrogen and oxygen atoms in total. The molecule has 1 unspecified atom stereocenters. The first-order valence-electron chi connectivity index (χ1n) is 7.32. The zero-order valence-corrected chi connectivity index (χ0v) is 12.4. The third-order valence-electron chi connectivity index (χ3n) is 4.09. The standard InChI is InChI=1S/C15H33NO/c1-5-6-7-8-9-10-11-15(12-16,13-17-4)14(2)3/h14H,5-13,16H2,1-4H3. The Labute approximate surface area is 108 Å². The molecule has 0 heterocycles. The zero-order valence-electron chi connectivity index (χ0n) is 12.4. The van der Waals surface area contributed by atoms with E-state index in [2.05, 4.69) is 20.8 Å². The Balaban J connectivity index is 3.91. The Kier molecular flexibility index (Phi) is 9.85. The van der Waals surface area contributed by atoms with Crippen LogP contribution < -0.4 is 5.73 Å². The second-order valence-corrected chi connectivity index (χ2v) is 5.67. The van der Waals surface area contributed by atoms with E-state index in [1.165, 1.54) is 44.9 Å². The predicted molar refractivity (Wildman–Crippen MR) is 76.2 cm³/mol. The Hall–Kier alpha value is -0.0800. The molecule has 0 aromatic heterocycles. The van der Waals surface area contributed by atoms with Gasteiger partial charge in [-0.15, -0.1) is 0 Å². The molecule has 2 heteroatoms. The fourth-order valence-electron chi connectivity index (χ4n) is 2.47. The summed E-state index contributed by atoms with van der Waals surface area (Å²) in [6, 6.07) is 0. The van der Waals surface area contributed by atoms with Gasteiger partial charge in [-0.1, -0.05) is 59.3 Å². The van der Waals surface area contributed by atoms with Gasteiger partial charge in [0.05, 0.1) is 6.61 Å². The fourth-order valence-corrected chi connectivity index (χ4v) is 2.47. The van der Waals surface area contributed by atoms with Gasteiger partial charge in [-0.2, -0.15) is 0 Å². The molecular weight excluding hydrogens is 210 g/mol. The monoisotopic (exact) mass is 243 g/mol. The minimum Gasteiger partial charge on any atom is -0.384 e. The summed E-state index contributed by atoms with van der Waals surface area (Å²) in [6.45, 7) is 8.34. The quantitative estimate of drug-likeness (QED) is 0.557. The summed E-state index contributed by atoms with van der Waals surface area (Å²) in [6.07, 6.45) is 9.31. The van der Waals surface area contributed by atoms with Crippen molar-refractivity contribution < 1.29 is 4.74 Å². The summed E-state index contributed by atoms with van der Waals surface area (Å²) in [5.74, 6) is 0.600. The summed E-state index contributed by atoms with van der Waals surface area (Å²) in [7, 11) is 1.79. The predicted octanol–water partition coefficient (Wildman–Crippen LogP) is 3.98.